The lowest BCUT2D eigenvalue weighted by Crippen LogP contribution is -2.23. The van der Waals surface area contributed by atoms with Crippen molar-refractivity contribution in [1.29, 1.82) is 0 Å². The van der Waals surface area contributed by atoms with E-state index in [1.54, 1.807) is 0 Å². The molecule has 3 aromatic rings. The third-order valence-corrected chi connectivity index (χ3v) is 7.60. The molecular formula is C25H17Cl3F4N2O2. The molecule has 1 saturated carbocycles. The number of alkyl halides is 2. The lowest BCUT2D eigenvalue weighted by molar-refractivity contribution is -0.112. The first-order valence-corrected chi connectivity index (χ1v) is 11.6. The highest BCUT2D eigenvalue weighted by Gasteiger charge is 2.76. The summed E-state index contributed by atoms with van der Waals surface area (Å²) in [5.74, 6) is -5.03. The fourth-order valence-corrected chi connectivity index (χ4v) is 5.31. The molecule has 1 fully saturated rings. The van der Waals surface area contributed by atoms with Crippen LogP contribution in [0.5, 0.6) is 0 Å². The predicted octanol–water partition coefficient (Wildman–Crippen LogP) is 7.03. The number of benzene rings is 3. The van der Waals surface area contributed by atoms with Gasteiger partial charge in [-0.25, -0.2) is 17.6 Å². The van der Waals surface area contributed by atoms with E-state index < -0.39 is 50.4 Å². The second-order valence-electron chi connectivity index (χ2n) is 8.47. The van der Waals surface area contributed by atoms with Crippen molar-refractivity contribution in [2.45, 2.75) is 17.2 Å². The van der Waals surface area contributed by atoms with Gasteiger partial charge in [0.15, 0.2) is 0 Å². The highest BCUT2D eigenvalue weighted by atomic mass is 35.5. The van der Waals surface area contributed by atoms with Crippen LogP contribution < -0.4 is 10.6 Å². The molecule has 3 aromatic carbocycles. The van der Waals surface area contributed by atoms with E-state index in [1.165, 1.54) is 31.2 Å². The predicted molar refractivity (Wildman–Crippen MR) is 131 cm³/mol. The molecule has 2 unspecified atom stereocenters. The molecule has 1 amide bonds. The van der Waals surface area contributed by atoms with Crippen molar-refractivity contribution < 1.29 is 27.2 Å². The number of aldehydes is 1. The van der Waals surface area contributed by atoms with Gasteiger partial charge >= 0.3 is 0 Å². The minimum atomic E-state index is -1.54. The molecule has 0 saturated heterocycles. The van der Waals surface area contributed by atoms with Crippen LogP contribution in [0.2, 0.25) is 5.02 Å². The zero-order valence-electron chi connectivity index (χ0n) is 18.4. The van der Waals surface area contributed by atoms with Gasteiger partial charge in [0, 0.05) is 24.2 Å². The standard InChI is InChI=1S/C25H17Cl3F4N2O2/c1-12-6-15(9-16(21(12)32)23(36)34-20-5-3-14(29)8-19(20)31)33-10-24(11-35)22(25(24,27)28)13-2-4-18(30)17(26)7-13/h2-9,11,22,33H,10H2,1H3,(H,34,36). The van der Waals surface area contributed by atoms with E-state index in [-0.39, 0.29) is 28.5 Å². The fraction of sp³-hybridized carbons (Fsp3) is 0.200. The van der Waals surface area contributed by atoms with Crippen LogP contribution in [-0.4, -0.2) is 23.1 Å². The van der Waals surface area contributed by atoms with E-state index in [9.17, 15) is 27.2 Å². The smallest absolute Gasteiger partial charge is 0.258 e. The highest BCUT2D eigenvalue weighted by molar-refractivity contribution is 6.54. The summed E-state index contributed by atoms with van der Waals surface area (Å²) in [5.41, 5.74) is -1.28. The second kappa shape index (κ2) is 9.57. The van der Waals surface area contributed by atoms with Crippen LogP contribution in [0.3, 0.4) is 0 Å². The van der Waals surface area contributed by atoms with Gasteiger partial charge in [-0.15, -0.1) is 0 Å². The molecule has 0 spiro atoms. The molecular weight excluding hydrogens is 543 g/mol. The molecule has 0 bridgehead atoms. The van der Waals surface area contributed by atoms with E-state index in [4.69, 9.17) is 34.8 Å². The lowest BCUT2D eigenvalue weighted by atomic mass is 10.00. The molecule has 4 rings (SSSR count). The molecule has 188 valence electrons. The number of carbonyl (C=O) groups is 2. The van der Waals surface area contributed by atoms with Gasteiger partial charge in [-0.05, 0) is 54.4 Å². The molecule has 0 radical (unpaired) electrons. The van der Waals surface area contributed by atoms with Crippen LogP contribution in [0, 0.1) is 35.6 Å². The molecule has 2 atom stereocenters. The van der Waals surface area contributed by atoms with Crippen molar-refractivity contribution in [3.05, 3.63) is 93.5 Å². The monoisotopic (exact) mass is 558 g/mol. The van der Waals surface area contributed by atoms with Crippen LogP contribution in [-0.2, 0) is 4.79 Å². The van der Waals surface area contributed by atoms with Crippen molar-refractivity contribution in [2.75, 3.05) is 17.2 Å². The fourth-order valence-electron chi connectivity index (χ4n) is 4.15. The summed E-state index contributed by atoms with van der Waals surface area (Å²) in [6, 6.07) is 9.02. The van der Waals surface area contributed by atoms with Gasteiger partial charge in [-0.3, -0.25) is 4.79 Å². The minimum absolute atomic E-state index is 0.0885. The average molecular weight is 560 g/mol. The van der Waals surface area contributed by atoms with E-state index in [0.29, 0.717) is 17.9 Å². The first kappa shape index (κ1) is 26.3. The Bertz CT molecular complexity index is 1390. The maximum absolute atomic E-state index is 14.7. The quantitative estimate of drug-likeness (QED) is 0.186. The molecule has 2 N–H and O–H groups in total. The second-order valence-corrected chi connectivity index (χ2v) is 10.3. The van der Waals surface area contributed by atoms with E-state index >= 15 is 0 Å². The molecule has 0 heterocycles. The van der Waals surface area contributed by atoms with Crippen LogP contribution in [0.25, 0.3) is 0 Å². The number of anilines is 2. The minimum Gasteiger partial charge on any atom is -0.384 e. The normalized spacial score (nSPS) is 20.1. The Labute approximate surface area is 218 Å². The highest BCUT2D eigenvalue weighted by Crippen LogP contribution is 2.73. The van der Waals surface area contributed by atoms with Gasteiger partial charge in [-0.2, -0.15) is 0 Å². The molecule has 36 heavy (non-hydrogen) atoms. The Balaban J connectivity index is 1.57. The number of rotatable bonds is 7. The molecule has 1 aliphatic carbocycles. The lowest BCUT2D eigenvalue weighted by Gasteiger charge is -2.16. The third-order valence-electron chi connectivity index (χ3n) is 6.17. The number of nitrogens with one attached hydrogen (secondary N) is 2. The zero-order valence-corrected chi connectivity index (χ0v) is 20.7. The maximum Gasteiger partial charge on any atom is 0.258 e. The summed E-state index contributed by atoms with van der Waals surface area (Å²) >= 11 is 18.8. The van der Waals surface area contributed by atoms with Gasteiger partial charge < -0.3 is 15.4 Å². The summed E-state index contributed by atoms with van der Waals surface area (Å²) in [6.45, 7) is 1.31. The van der Waals surface area contributed by atoms with Gasteiger partial charge in [0.05, 0.1) is 21.7 Å². The van der Waals surface area contributed by atoms with Gasteiger partial charge in [0.1, 0.15) is 33.9 Å². The number of halogens is 7. The maximum atomic E-state index is 14.7. The molecule has 0 aliphatic heterocycles. The van der Waals surface area contributed by atoms with Crippen LogP contribution >= 0.6 is 34.8 Å². The third kappa shape index (κ3) is 4.53. The first-order chi connectivity index (χ1) is 16.9. The summed E-state index contributed by atoms with van der Waals surface area (Å²) in [7, 11) is 0. The Morgan fingerprint density at radius 1 is 1.03 bits per heavy atom. The van der Waals surface area contributed by atoms with Crippen LogP contribution in [0.4, 0.5) is 28.9 Å². The Hall–Kier alpha value is -2.81. The van der Waals surface area contributed by atoms with Gasteiger partial charge in [0.25, 0.3) is 5.91 Å². The van der Waals surface area contributed by atoms with E-state index in [1.807, 2.05) is 0 Å². The van der Waals surface area contributed by atoms with Crippen LogP contribution in [0.1, 0.15) is 27.4 Å². The van der Waals surface area contributed by atoms with Crippen LogP contribution in [0.15, 0.2) is 48.5 Å². The molecule has 4 nitrogen and oxygen atoms in total. The van der Waals surface area contributed by atoms with Crippen molar-refractivity contribution in [2.24, 2.45) is 5.41 Å². The number of hydrogen-bond acceptors (Lipinski definition) is 3. The number of aryl methyl sites for hydroxylation is 1. The van der Waals surface area contributed by atoms with Crippen molar-refractivity contribution in [3.63, 3.8) is 0 Å². The number of hydrogen-bond donors (Lipinski definition) is 2. The number of amides is 1. The SMILES string of the molecule is Cc1cc(NCC2(C=O)C(c3ccc(F)c(Cl)c3)C2(Cl)Cl)cc(C(=O)Nc2ccc(F)cc2F)c1F. The van der Waals surface area contributed by atoms with E-state index in [0.717, 1.165) is 18.2 Å². The summed E-state index contributed by atoms with van der Waals surface area (Å²) in [6.07, 6.45) is 0.587. The Morgan fingerprint density at radius 2 is 1.75 bits per heavy atom. The summed E-state index contributed by atoms with van der Waals surface area (Å²) in [5, 5.41) is 5.00. The molecule has 0 aromatic heterocycles. The first-order valence-electron chi connectivity index (χ1n) is 10.5. The Morgan fingerprint density at radius 3 is 2.39 bits per heavy atom. The van der Waals surface area contributed by atoms with Gasteiger partial charge in [0.2, 0.25) is 0 Å². The van der Waals surface area contributed by atoms with Crippen molar-refractivity contribution >= 4 is 58.4 Å². The topological polar surface area (TPSA) is 58.2 Å². The van der Waals surface area contributed by atoms with Crippen molar-refractivity contribution in [1.82, 2.24) is 0 Å². The summed E-state index contributed by atoms with van der Waals surface area (Å²) < 4.78 is 53.9. The molecule has 11 heteroatoms. The van der Waals surface area contributed by atoms with Gasteiger partial charge in [-0.1, -0.05) is 40.9 Å². The number of carbonyl (C=O) groups excluding carboxylic acids is 2. The van der Waals surface area contributed by atoms with E-state index in [2.05, 4.69) is 10.6 Å². The largest absolute Gasteiger partial charge is 0.384 e. The van der Waals surface area contributed by atoms with Crippen molar-refractivity contribution in [3.8, 4) is 0 Å². The Kier molecular flexibility index (Phi) is 6.98. The average Bonchev–Trinajstić information content (AvgIpc) is 3.32. The summed E-state index contributed by atoms with van der Waals surface area (Å²) in [4.78, 5) is 24.8. The molecule has 1 aliphatic rings. The zero-order chi connectivity index (χ0) is 26.4.